The molecule has 0 atom stereocenters. The predicted octanol–water partition coefficient (Wildman–Crippen LogP) is 3.83. The molecule has 0 saturated heterocycles. The molecule has 0 bridgehead atoms. The van der Waals surface area contributed by atoms with E-state index >= 15 is 0 Å². The zero-order valence-corrected chi connectivity index (χ0v) is 13.0. The van der Waals surface area contributed by atoms with Gasteiger partial charge in [-0.25, -0.2) is 0 Å². The molecule has 0 aliphatic heterocycles. The van der Waals surface area contributed by atoms with Crippen molar-refractivity contribution in [3.8, 4) is 0 Å². The van der Waals surface area contributed by atoms with E-state index in [1.54, 1.807) is 19.2 Å². The van der Waals surface area contributed by atoms with Crippen LogP contribution in [0.15, 0.2) is 22.7 Å². The molecule has 6 heteroatoms. The molecule has 0 saturated carbocycles. The maximum atomic E-state index is 11.0. The summed E-state index contributed by atoms with van der Waals surface area (Å²) in [6.45, 7) is 5.53. The Morgan fingerprint density at radius 2 is 2.16 bits per heavy atom. The minimum Gasteiger partial charge on any atom is -0.385 e. The summed E-state index contributed by atoms with van der Waals surface area (Å²) in [5.74, 6) is 0. The topological polar surface area (TPSA) is 64.4 Å². The first-order valence-corrected chi connectivity index (χ1v) is 6.82. The summed E-state index contributed by atoms with van der Waals surface area (Å²) in [5, 5.41) is 14.1. The van der Waals surface area contributed by atoms with Gasteiger partial charge < -0.3 is 10.1 Å². The number of halogens is 1. The number of methoxy groups -OCH3 is 1. The van der Waals surface area contributed by atoms with Crippen LogP contribution < -0.4 is 5.32 Å². The average Bonchev–Trinajstić information content (AvgIpc) is 2.35. The van der Waals surface area contributed by atoms with Crippen molar-refractivity contribution in [1.82, 2.24) is 0 Å². The maximum Gasteiger partial charge on any atom is 0.293 e. The number of benzene rings is 1. The highest BCUT2D eigenvalue weighted by molar-refractivity contribution is 9.10. The highest BCUT2D eigenvalue weighted by Crippen LogP contribution is 2.29. The van der Waals surface area contributed by atoms with Crippen molar-refractivity contribution < 1.29 is 9.66 Å². The van der Waals surface area contributed by atoms with Crippen molar-refractivity contribution in [2.45, 2.75) is 20.3 Å². The van der Waals surface area contributed by atoms with Gasteiger partial charge in [0.25, 0.3) is 5.69 Å². The highest BCUT2D eigenvalue weighted by atomic mass is 79.9. The first-order chi connectivity index (χ1) is 8.85. The lowest BCUT2D eigenvalue weighted by molar-refractivity contribution is -0.384. The zero-order chi connectivity index (χ0) is 14.5. The quantitative estimate of drug-likeness (QED) is 0.609. The molecule has 0 spiro atoms. The number of nitrogens with one attached hydrogen (secondary N) is 1. The van der Waals surface area contributed by atoms with E-state index in [1.807, 2.05) is 0 Å². The van der Waals surface area contributed by atoms with E-state index in [0.717, 1.165) is 6.42 Å². The highest BCUT2D eigenvalue weighted by Gasteiger charge is 2.20. The van der Waals surface area contributed by atoms with Crippen LogP contribution in [0.5, 0.6) is 0 Å². The van der Waals surface area contributed by atoms with E-state index in [9.17, 15) is 10.1 Å². The summed E-state index contributed by atoms with van der Waals surface area (Å²) >= 11 is 3.24. The van der Waals surface area contributed by atoms with Gasteiger partial charge >= 0.3 is 0 Å². The van der Waals surface area contributed by atoms with Gasteiger partial charge in [0.1, 0.15) is 5.69 Å². The molecule has 0 amide bonds. The van der Waals surface area contributed by atoms with Gasteiger partial charge in [-0.2, -0.15) is 0 Å². The molecule has 19 heavy (non-hydrogen) atoms. The van der Waals surface area contributed by atoms with Crippen molar-refractivity contribution in [2.24, 2.45) is 5.41 Å². The number of nitro groups is 1. The SMILES string of the molecule is COCCC(C)(C)CNc1ccc(Br)cc1[N+](=O)[O-]. The van der Waals surface area contributed by atoms with E-state index in [0.29, 0.717) is 23.3 Å². The van der Waals surface area contributed by atoms with Crippen molar-refractivity contribution in [1.29, 1.82) is 0 Å². The Bertz CT molecular complexity index is 450. The fourth-order valence-electron chi connectivity index (χ4n) is 1.61. The monoisotopic (exact) mass is 330 g/mol. The number of nitro benzene ring substituents is 1. The smallest absolute Gasteiger partial charge is 0.293 e. The molecule has 106 valence electrons. The number of anilines is 1. The second-order valence-electron chi connectivity index (χ2n) is 5.18. The van der Waals surface area contributed by atoms with E-state index in [4.69, 9.17) is 4.74 Å². The summed E-state index contributed by atoms with van der Waals surface area (Å²) in [5.41, 5.74) is 0.632. The molecule has 0 fully saturated rings. The Morgan fingerprint density at radius 1 is 1.47 bits per heavy atom. The molecule has 0 aliphatic rings. The van der Waals surface area contributed by atoms with Crippen molar-refractivity contribution >= 4 is 27.3 Å². The lowest BCUT2D eigenvalue weighted by atomic mass is 9.89. The molecule has 5 nitrogen and oxygen atoms in total. The predicted molar refractivity (Wildman–Crippen MR) is 79.6 cm³/mol. The van der Waals surface area contributed by atoms with Gasteiger partial charge in [0.2, 0.25) is 0 Å². The van der Waals surface area contributed by atoms with Crippen LogP contribution in [0, 0.1) is 15.5 Å². The Hall–Kier alpha value is -1.14. The third-order valence-corrected chi connectivity index (χ3v) is 3.39. The molecule has 0 radical (unpaired) electrons. The van der Waals surface area contributed by atoms with Crippen molar-refractivity contribution in [3.05, 3.63) is 32.8 Å². The first kappa shape index (κ1) is 15.9. The van der Waals surface area contributed by atoms with Gasteiger partial charge in [0.05, 0.1) is 4.92 Å². The standard InChI is InChI=1S/C13H19BrN2O3/c1-13(2,6-7-19-3)9-15-11-5-4-10(14)8-12(11)16(17)18/h4-5,8,15H,6-7,9H2,1-3H3. The number of hydrogen-bond acceptors (Lipinski definition) is 4. The molecular formula is C13H19BrN2O3. The fraction of sp³-hybridized carbons (Fsp3) is 0.538. The number of rotatable bonds is 7. The van der Waals surface area contributed by atoms with E-state index in [1.165, 1.54) is 6.07 Å². The molecular weight excluding hydrogens is 312 g/mol. The molecule has 1 N–H and O–H groups in total. The third kappa shape index (κ3) is 5.16. The number of hydrogen-bond donors (Lipinski definition) is 1. The van der Waals surface area contributed by atoms with Gasteiger partial charge in [-0.3, -0.25) is 10.1 Å². The normalized spacial score (nSPS) is 11.4. The van der Waals surface area contributed by atoms with Crippen molar-refractivity contribution in [3.63, 3.8) is 0 Å². The van der Waals surface area contributed by atoms with Gasteiger partial charge in [-0.1, -0.05) is 29.8 Å². The Morgan fingerprint density at radius 3 is 2.74 bits per heavy atom. The van der Waals surface area contributed by atoms with Crippen LogP contribution in [0.3, 0.4) is 0 Å². The van der Waals surface area contributed by atoms with Gasteiger partial charge in [-0.05, 0) is 24.0 Å². The summed E-state index contributed by atoms with van der Waals surface area (Å²) in [4.78, 5) is 10.6. The van der Waals surface area contributed by atoms with E-state index < -0.39 is 0 Å². The van der Waals surface area contributed by atoms with Crippen LogP contribution in [0.4, 0.5) is 11.4 Å². The van der Waals surface area contributed by atoms with Gasteiger partial charge in [0, 0.05) is 30.8 Å². The minimum atomic E-state index is -0.380. The third-order valence-electron chi connectivity index (χ3n) is 2.90. The van der Waals surface area contributed by atoms with Gasteiger partial charge in [-0.15, -0.1) is 0 Å². The molecule has 0 unspecified atom stereocenters. The average molecular weight is 331 g/mol. The molecule has 0 aromatic heterocycles. The molecule has 0 heterocycles. The summed E-state index contributed by atoms with van der Waals surface area (Å²) in [7, 11) is 1.67. The largest absolute Gasteiger partial charge is 0.385 e. The number of nitrogens with zero attached hydrogens (tertiary/aromatic N) is 1. The minimum absolute atomic E-state index is 0.0109. The van der Waals surface area contributed by atoms with Crippen LogP contribution >= 0.6 is 15.9 Å². The van der Waals surface area contributed by atoms with Crippen LogP contribution in [0.1, 0.15) is 20.3 Å². The first-order valence-electron chi connectivity index (χ1n) is 6.02. The fourth-order valence-corrected chi connectivity index (χ4v) is 1.96. The lowest BCUT2D eigenvalue weighted by Crippen LogP contribution is -2.24. The Balaban J connectivity index is 2.75. The van der Waals surface area contributed by atoms with Crippen molar-refractivity contribution in [2.75, 3.05) is 25.6 Å². The summed E-state index contributed by atoms with van der Waals surface area (Å²) < 4.78 is 5.76. The second kappa shape index (κ2) is 6.86. The number of ether oxygens (including phenoxy) is 1. The Kier molecular flexibility index (Phi) is 5.75. The molecule has 0 aliphatic carbocycles. The van der Waals surface area contributed by atoms with Crippen LogP contribution in [-0.4, -0.2) is 25.2 Å². The zero-order valence-electron chi connectivity index (χ0n) is 11.4. The summed E-state index contributed by atoms with van der Waals surface area (Å²) in [6, 6.07) is 5.01. The molecule has 1 aromatic carbocycles. The van der Waals surface area contributed by atoms with Crippen LogP contribution in [0.2, 0.25) is 0 Å². The molecule has 1 aromatic rings. The second-order valence-corrected chi connectivity index (χ2v) is 6.09. The van der Waals surface area contributed by atoms with E-state index in [-0.39, 0.29) is 16.0 Å². The maximum absolute atomic E-state index is 11.0. The summed E-state index contributed by atoms with van der Waals surface area (Å²) in [6.07, 6.45) is 0.890. The van der Waals surface area contributed by atoms with Crippen LogP contribution in [-0.2, 0) is 4.74 Å². The lowest BCUT2D eigenvalue weighted by Gasteiger charge is -2.25. The molecule has 1 rings (SSSR count). The van der Waals surface area contributed by atoms with Gasteiger partial charge in [0.15, 0.2) is 0 Å². The Labute approximate surface area is 121 Å². The van der Waals surface area contributed by atoms with E-state index in [2.05, 4.69) is 35.1 Å². The van der Waals surface area contributed by atoms with Crippen LogP contribution in [0.25, 0.3) is 0 Å².